The number of amides is 1. The minimum atomic E-state index is -0.536. The monoisotopic (exact) mass is 327 g/mol. The minimum Gasteiger partial charge on any atom is -0.480 e. The first-order valence-electron chi connectivity index (χ1n) is 7.11. The van der Waals surface area contributed by atoms with E-state index in [1.165, 1.54) is 20.4 Å². The molecule has 1 aromatic heterocycles. The summed E-state index contributed by atoms with van der Waals surface area (Å²) in [5, 5.41) is 2.54. The van der Waals surface area contributed by atoms with Crippen LogP contribution in [-0.4, -0.2) is 36.8 Å². The highest BCUT2D eigenvalue weighted by Crippen LogP contribution is 2.15. The van der Waals surface area contributed by atoms with E-state index in [1.54, 1.807) is 0 Å². The fraction of sp³-hybridized carbons (Fsp3) is 0.235. The number of hydrogen-bond donors (Lipinski definition) is 1. The number of methoxy groups -OCH3 is 2. The van der Waals surface area contributed by atoms with Crippen LogP contribution in [0.25, 0.3) is 0 Å². The van der Waals surface area contributed by atoms with E-state index in [0.29, 0.717) is 11.4 Å². The van der Waals surface area contributed by atoms with Gasteiger partial charge in [-0.2, -0.15) is 4.98 Å². The van der Waals surface area contributed by atoms with Crippen molar-refractivity contribution < 1.29 is 19.0 Å². The molecule has 1 aromatic carbocycles. The Labute approximate surface area is 140 Å². The summed E-state index contributed by atoms with van der Waals surface area (Å²) in [4.78, 5) is 19.5. The van der Waals surface area contributed by atoms with Crippen LogP contribution in [0.2, 0.25) is 0 Å². The minimum absolute atomic E-state index is 0.128. The third-order valence-corrected chi connectivity index (χ3v) is 2.86. The molecule has 0 unspecified atom stereocenters. The molecule has 124 valence electrons. The zero-order valence-corrected chi connectivity index (χ0v) is 13.4. The highest BCUT2D eigenvalue weighted by atomic mass is 16.5. The van der Waals surface area contributed by atoms with Crippen LogP contribution in [0.15, 0.2) is 36.5 Å². The number of hydrogen-bond acceptors (Lipinski definition) is 6. The average molecular weight is 327 g/mol. The molecule has 1 heterocycles. The van der Waals surface area contributed by atoms with E-state index in [4.69, 9.17) is 14.2 Å². The molecule has 7 nitrogen and oxygen atoms in total. The van der Waals surface area contributed by atoms with Crippen molar-refractivity contribution in [1.82, 2.24) is 15.3 Å². The normalized spacial score (nSPS) is 9.42. The Morgan fingerprint density at radius 2 is 2.00 bits per heavy atom. The van der Waals surface area contributed by atoms with Gasteiger partial charge in [0.2, 0.25) is 5.88 Å². The number of nitrogens with one attached hydrogen (secondary N) is 1. The summed E-state index contributed by atoms with van der Waals surface area (Å²) < 4.78 is 15.1. The first-order valence-corrected chi connectivity index (χ1v) is 7.11. The lowest BCUT2D eigenvalue weighted by Gasteiger charge is -2.04. The summed E-state index contributed by atoms with van der Waals surface area (Å²) in [5.41, 5.74) is 1.41. The Balaban J connectivity index is 1.82. The van der Waals surface area contributed by atoms with Gasteiger partial charge in [-0.15, -0.1) is 0 Å². The van der Waals surface area contributed by atoms with Crippen LogP contribution in [0.4, 0.5) is 4.79 Å². The van der Waals surface area contributed by atoms with Gasteiger partial charge in [-0.1, -0.05) is 42.2 Å². The van der Waals surface area contributed by atoms with E-state index < -0.39 is 6.09 Å². The number of aromatic nitrogens is 2. The molecule has 0 saturated carbocycles. The second-order valence-corrected chi connectivity index (χ2v) is 4.50. The van der Waals surface area contributed by atoms with Gasteiger partial charge in [-0.25, -0.2) is 9.78 Å². The maximum absolute atomic E-state index is 11.6. The van der Waals surface area contributed by atoms with Crippen LogP contribution in [-0.2, 0) is 11.3 Å². The quantitative estimate of drug-likeness (QED) is 0.843. The number of rotatable bonds is 5. The second-order valence-electron chi connectivity index (χ2n) is 4.50. The maximum Gasteiger partial charge on any atom is 0.408 e. The van der Waals surface area contributed by atoms with Gasteiger partial charge in [-0.3, -0.25) is 0 Å². The molecule has 24 heavy (non-hydrogen) atoms. The summed E-state index contributed by atoms with van der Waals surface area (Å²) in [5.74, 6) is 5.91. The number of alkyl carbamates (subject to hydrolysis) is 1. The van der Waals surface area contributed by atoms with Gasteiger partial charge in [0.15, 0.2) is 0 Å². The van der Waals surface area contributed by atoms with Crippen molar-refractivity contribution in [3.63, 3.8) is 0 Å². The number of nitrogens with zero attached hydrogens (tertiary/aromatic N) is 2. The molecular weight excluding hydrogens is 310 g/mol. The van der Waals surface area contributed by atoms with Crippen LogP contribution in [0, 0.1) is 11.8 Å². The van der Waals surface area contributed by atoms with Crippen molar-refractivity contribution in [3.05, 3.63) is 47.7 Å². The zero-order valence-electron chi connectivity index (χ0n) is 13.4. The van der Waals surface area contributed by atoms with E-state index in [9.17, 15) is 4.79 Å². The van der Waals surface area contributed by atoms with Crippen LogP contribution >= 0.6 is 0 Å². The van der Waals surface area contributed by atoms with Gasteiger partial charge in [0.05, 0.1) is 27.0 Å². The molecule has 0 aliphatic carbocycles. The van der Waals surface area contributed by atoms with E-state index in [2.05, 4.69) is 27.1 Å². The first kappa shape index (κ1) is 17.1. The van der Waals surface area contributed by atoms with Gasteiger partial charge in [-0.05, 0) is 5.56 Å². The first-order chi connectivity index (χ1) is 11.7. The fourth-order valence-corrected chi connectivity index (χ4v) is 1.72. The molecule has 1 N–H and O–H groups in total. The van der Waals surface area contributed by atoms with Gasteiger partial charge in [0.25, 0.3) is 0 Å². The van der Waals surface area contributed by atoms with Crippen molar-refractivity contribution in [2.75, 3.05) is 20.8 Å². The molecule has 0 spiro atoms. The number of carbonyl (C=O) groups is 1. The Hall–Kier alpha value is -3.27. The Kier molecular flexibility index (Phi) is 6.41. The molecule has 0 bridgehead atoms. The lowest BCUT2D eigenvalue weighted by Crippen LogP contribution is -2.24. The van der Waals surface area contributed by atoms with Crippen molar-refractivity contribution in [2.45, 2.75) is 6.61 Å². The Bertz CT molecular complexity index is 738. The molecule has 2 rings (SSSR count). The summed E-state index contributed by atoms with van der Waals surface area (Å²) in [6, 6.07) is 9.61. The predicted octanol–water partition coefficient (Wildman–Crippen LogP) is 1.77. The molecular formula is C17H17N3O4. The van der Waals surface area contributed by atoms with Gasteiger partial charge >= 0.3 is 12.1 Å². The van der Waals surface area contributed by atoms with Crippen LogP contribution in [0.1, 0.15) is 11.1 Å². The van der Waals surface area contributed by atoms with Crippen molar-refractivity contribution in [3.8, 4) is 23.7 Å². The molecule has 0 aliphatic heterocycles. The maximum atomic E-state index is 11.6. The average Bonchev–Trinajstić information content (AvgIpc) is 2.64. The van der Waals surface area contributed by atoms with Crippen molar-refractivity contribution in [1.29, 1.82) is 0 Å². The molecule has 0 fully saturated rings. The molecule has 0 saturated heterocycles. The van der Waals surface area contributed by atoms with Gasteiger partial charge in [0.1, 0.15) is 12.2 Å². The summed E-state index contributed by atoms with van der Waals surface area (Å²) in [7, 11) is 2.94. The Morgan fingerprint density at radius 1 is 1.21 bits per heavy atom. The smallest absolute Gasteiger partial charge is 0.408 e. The van der Waals surface area contributed by atoms with Crippen LogP contribution < -0.4 is 14.8 Å². The van der Waals surface area contributed by atoms with E-state index in [1.807, 2.05) is 30.3 Å². The SMILES string of the molecule is COc1ncc(C#CCNC(=O)OCc2ccccc2)c(OC)n1. The number of carbonyl (C=O) groups excluding carboxylic acids is 1. The molecule has 0 atom stereocenters. The Morgan fingerprint density at radius 3 is 2.71 bits per heavy atom. The predicted molar refractivity (Wildman–Crippen MR) is 86.6 cm³/mol. The zero-order chi connectivity index (χ0) is 17.2. The topological polar surface area (TPSA) is 82.6 Å². The van der Waals surface area contributed by atoms with E-state index >= 15 is 0 Å². The molecule has 0 aliphatic rings. The summed E-state index contributed by atoms with van der Waals surface area (Å²) >= 11 is 0. The van der Waals surface area contributed by atoms with Gasteiger partial charge < -0.3 is 19.5 Å². The third-order valence-electron chi connectivity index (χ3n) is 2.86. The third kappa shape index (κ3) is 5.18. The molecule has 0 radical (unpaired) electrons. The fourth-order valence-electron chi connectivity index (χ4n) is 1.72. The second kappa shape index (κ2) is 9.00. The highest BCUT2D eigenvalue weighted by Gasteiger charge is 2.05. The molecule has 2 aromatic rings. The van der Waals surface area contributed by atoms with Crippen molar-refractivity contribution in [2.24, 2.45) is 0 Å². The van der Waals surface area contributed by atoms with Crippen LogP contribution in [0.3, 0.4) is 0 Å². The highest BCUT2D eigenvalue weighted by molar-refractivity contribution is 5.67. The number of benzene rings is 1. The standard InChI is InChI=1S/C17H17N3O4/c1-22-15-14(11-19-16(20-15)23-2)9-6-10-18-17(21)24-12-13-7-4-3-5-8-13/h3-5,7-8,11H,10,12H2,1-2H3,(H,18,21). The number of ether oxygens (including phenoxy) is 3. The molecule has 7 heteroatoms. The lowest BCUT2D eigenvalue weighted by atomic mass is 10.2. The van der Waals surface area contributed by atoms with E-state index in [-0.39, 0.29) is 19.2 Å². The van der Waals surface area contributed by atoms with Gasteiger partial charge in [0, 0.05) is 0 Å². The molecule has 1 amide bonds. The van der Waals surface area contributed by atoms with E-state index in [0.717, 1.165) is 5.56 Å². The van der Waals surface area contributed by atoms with Crippen LogP contribution in [0.5, 0.6) is 11.9 Å². The largest absolute Gasteiger partial charge is 0.480 e. The summed E-state index contributed by atoms with van der Waals surface area (Å²) in [6.45, 7) is 0.336. The van der Waals surface area contributed by atoms with Crippen molar-refractivity contribution >= 4 is 6.09 Å². The lowest BCUT2D eigenvalue weighted by molar-refractivity contribution is 0.141. The summed E-state index contributed by atoms with van der Waals surface area (Å²) in [6.07, 6.45) is 0.955.